The first-order chi connectivity index (χ1) is 7.77. The first-order valence-electron chi connectivity index (χ1n) is 6.03. The number of hydrogen-bond donors (Lipinski definition) is 1. The van der Waals surface area contributed by atoms with Gasteiger partial charge in [-0.1, -0.05) is 13.8 Å². The highest BCUT2D eigenvalue weighted by molar-refractivity contribution is 4.84. The van der Waals surface area contributed by atoms with Gasteiger partial charge in [0.1, 0.15) is 0 Å². The Morgan fingerprint density at radius 2 is 2.31 bits per heavy atom. The lowest BCUT2D eigenvalue weighted by atomic mass is 10.1. The largest absolute Gasteiger partial charge is 0.314 e. The van der Waals surface area contributed by atoms with Gasteiger partial charge >= 0.3 is 0 Å². The van der Waals surface area contributed by atoms with Gasteiger partial charge in [-0.25, -0.2) is 4.68 Å². The number of aromatic nitrogens is 2. The van der Waals surface area contributed by atoms with Crippen molar-refractivity contribution in [1.82, 2.24) is 15.1 Å². The minimum absolute atomic E-state index is 0.0148. The minimum atomic E-state index is -0.0148. The van der Waals surface area contributed by atoms with Gasteiger partial charge in [0.15, 0.2) is 0 Å². The van der Waals surface area contributed by atoms with Crippen LogP contribution in [0.25, 0.3) is 0 Å². The van der Waals surface area contributed by atoms with Crippen LogP contribution < -0.4 is 10.9 Å². The first-order valence-corrected chi connectivity index (χ1v) is 6.03. The van der Waals surface area contributed by atoms with E-state index in [2.05, 4.69) is 24.3 Å². The van der Waals surface area contributed by atoms with Gasteiger partial charge in [0.2, 0.25) is 0 Å². The van der Waals surface area contributed by atoms with E-state index in [1.54, 1.807) is 18.3 Å². The van der Waals surface area contributed by atoms with E-state index >= 15 is 0 Å². The van der Waals surface area contributed by atoms with Crippen molar-refractivity contribution in [2.45, 2.75) is 45.7 Å². The summed E-state index contributed by atoms with van der Waals surface area (Å²) in [6, 6.07) is 3.78. The highest BCUT2D eigenvalue weighted by Crippen LogP contribution is 2.02. The highest BCUT2D eigenvalue weighted by atomic mass is 16.1. The third-order valence-electron chi connectivity index (χ3n) is 2.69. The summed E-state index contributed by atoms with van der Waals surface area (Å²) in [5.41, 5.74) is -0.0148. The van der Waals surface area contributed by atoms with Crippen LogP contribution in [-0.4, -0.2) is 22.4 Å². The van der Waals surface area contributed by atoms with Gasteiger partial charge in [0, 0.05) is 24.8 Å². The molecule has 1 rings (SSSR count). The molecule has 0 saturated heterocycles. The highest BCUT2D eigenvalue weighted by Gasteiger charge is 2.04. The Hall–Kier alpha value is -1.16. The molecule has 1 heterocycles. The molecule has 0 spiro atoms. The van der Waals surface area contributed by atoms with Crippen LogP contribution in [-0.2, 0) is 6.54 Å². The van der Waals surface area contributed by atoms with E-state index < -0.39 is 0 Å². The fourth-order valence-corrected chi connectivity index (χ4v) is 1.78. The minimum Gasteiger partial charge on any atom is -0.314 e. The second-order valence-electron chi connectivity index (χ2n) is 3.89. The molecule has 1 aromatic heterocycles. The summed E-state index contributed by atoms with van der Waals surface area (Å²) in [6.45, 7) is 6.01. The molecule has 90 valence electrons. The van der Waals surface area contributed by atoms with Crippen molar-refractivity contribution in [2.24, 2.45) is 0 Å². The molecule has 0 aliphatic heterocycles. The van der Waals surface area contributed by atoms with Crippen molar-refractivity contribution < 1.29 is 0 Å². The second kappa shape index (κ2) is 7.17. The van der Waals surface area contributed by atoms with Crippen LogP contribution in [0.15, 0.2) is 23.1 Å². The van der Waals surface area contributed by atoms with Gasteiger partial charge in [-0.15, -0.1) is 0 Å². The third kappa shape index (κ3) is 4.14. The Morgan fingerprint density at radius 1 is 1.50 bits per heavy atom. The maximum Gasteiger partial charge on any atom is 0.266 e. The molecular weight excluding hydrogens is 202 g/mol. The molecule has 1 N–H and O–H groups in total. The van der Waals surface area contributed by atoms with Crippen LogP contribution in [0.5, 0.6) is 0 Å². The van der Waals surface area contributed by atoms with E-state index in [-0.39, 0.29) is 5.56 Å². The summed E-state index contributed by atoms with van der Waals surface area (Å²) in [6.07, 6.45) is 4.86. The lowest BCUT2D eigenvalue weighted by Crippen LogP contribution is -2.29. The molecule has 4 nitrogen and oxygen atoms in total. The van der Waals surface area contributed by atoms with E-state index in [0.29, 0.717) is 12.6 Å². The summed E-state index contributed by atoms with van der Waals surface area (Å²) in [4.78, 5) is 11.4. The smallest absolute Gasteiger partial charge is 0.266 e. The van der Waals surface area contributed by atoms with Crippen molar-refractivity contribution >= 4 is 0 Å². The van der Waals surface area contributed by atoms with E-state index in [1.165, 1.54) is 4.68 Å². The predicted octanol–water partition coefficient (Wildman–Crippen LogP) is 1.41. The molecule has 16 heavy (non-hydrogen) atoms. The van der Waals surface area contributed by atoms with Crippen LogP contribution in [0.4, 0.5) is 0 Å². The molecule has 0 bridgehead atoms. The molecule has 0 saturated carbocycles. The van der Waals surface area contributed by atoms with Crippen LogP contribution in [0.2, 0.25) is 0 Å². The number of hydrogen-bond acceptors (Lipinski definition) is 3. The monoisotopic (exact) mass is 223 g/mol. The average molecular weight is 223 g/mol. The zero-order valence-electron chi connectivity index (χ0n) is 10.1. The maximum absolute atomic E-state index is 11.4. The molecule has 0 fully saturated rings. The molecule has 0 aliphatic carbocycles. The van der Waals surface area contributed by atoms with Gasteiger partial charge in [-0.3, -0.25) is 4.79 Å². The Bertz CT molecular complexity index is 348. The van der Waals surface area contributed by atoms with Crippen LogP contribution in [0, 0.1) is 0 Å². The predicted molar refractivity (Wildman–Crippen MR) is 65.5 cm³/mol. The summed E-state index contributed by atoms with van der Waals surface area (Å²) in [5.74, 6) is 0. The van der Waals surface area contributed by atoms with Crippen molar-refractivity contribution in [3.63, 3.8) is 0 Å². The molecule has 0 amide bonds. The summed E-state index contributed by atoms with van der Waals surface area (Å²) in [5, 5.41) is 7.46. The van der Waals surface area contributed by atoms with E-state index in [9.17, 15) is 4.79 Å². The number of rotatable bonds is 7. The lowest BCUT2D eigenvalue weighted by molar-refractivity contribution is 0.433. The Kier molecular flexibility index (Phi) is 5.78. The molecule has 1 atom stereocenters. The van der Waals surface area contributed by atoms with Gasteiger partial charge in [-0.2, -0.15) is 5.10 Å². The van der Waals surface area contributed by atoms with E-state index in [4.69, 9.17) is 0 Å². The standard InChI is InChI=1S/C12H21N3O/c1-3-11(13-4-2)7-6-10-15-12(16)8-5-9-14-15/h5,8-9,11,13H,3-4,6-7,10H2,1-2H3. The molecule has 0 aliphatic rings. The van der Waals surface area contributed by atoms with Gasteiger partial charge in [0.05, 0.1) is 0 Å². The van der Waals surface area contributed by atoms with Crippen molar-refractivity contribution in [3.8, 4) is 0 Å². The molecule has 1 aromatic rings. The Labute approximate surface area is 96.7 Å². The topological polar surface area (TPSA) is 46.9 Å². The third-order valence-corrected chi connectivity index (χ3v) is 2.69. The van der Waals surface area contributed by atoms with Gasteiger partial charge in [-0.05, 0) is 31.9 Å². The molecule has 4 heteroatoms. The molecule has 1 unspecified atom stereocenters. The van der Waals surface area contributed by atoms with Gasteiger partial charge in [0.25, 0.3) is 5.56 Å². The Morgan fingerprint density at radius 3 is 2.94 bits per heavy atom. The summed E-state index contributed by atoms with van der Waals surface area (Å²) in [7, 11) is 0. The summed E-state index contributed by atoms with van der Waals surface area (Å²) < 4.78 is 1.53. The van der Waals surface area contributed by atoms with Crippen molar-refractivity contribution in [2.75, 3.05) is 6.54 Å². The molecular formula is C12H21N3O. The lowest BCUT2D eigenvalue weighted by Gasteiger charge is -2.15. The number of nitrogens with zero attached hydrogens (tertiary/aromatic N) is 2. The normalized spacial score (nSPS) is 12.6. The molecule has 0 aromatic carbocycles. The van der Waals surface area contributed by atoms with Crippen molar-refractivity contribution in [3.05, 3.63) is 28.7 Å². The van der Waals surface area contributed by atoms with Crippen LogP contribution >= 0.6 is 0 Å². The maximum atomic E-state index is 11.4. The molecule has 0 radical (unpaired) electrons. The Balaban J connectivity index is 2.35. The fourth-order valence-electron chi connectivity index (χ4n) is 1.78. The first kappa shape index (κ1) is 12.9. The van der Waals surface area contributed by atoms with E-state index in [1.807, 2.05) is 0 Å². The average Bonchev–Trinajstić information content (AvgIpc) is 2.30. The van der Waals surface area contributed by atoms with Gasteiger partial charge < -0.3 is 5.32 Å². The zero-order valence-corrected chi connectivity index (χ0v) is 10.1. The second-order valence-corrected chi connectivity index (χ2v) is 3.89. The van der Waals surface area contributed by atoms with Crippen LogP contribution in [0.1, 0.15) is 33.1 Å². The quantitative estimate of drug-likeness (QED) is 0.760. The van der Waals surface area contributed by atoms with Crippen LogP contribution in [0.3, 0.4) is 0 Å². The summed E-state index contributed by atoms with van der Waals surface area (Å²) >= 11 is 0. The van der Waals surface area contributed by atoms with Crippen molar-refractivity contribution in [1.29, 1.82) is 0 Å². The van der Waals surface area contributed by atoms with E-state index in [0.717, 1.165) is 25.8 Å². The SMILES string of the molecule is CCNC(CC)CCCn1ncccc1=O. The number of nitrogens with one attached hydrogen (secondary N) is 1. The number of aryl methyl sites for hydroxylation is 1. The zero-order chi connectivity index (χ0) is 11.8. The fraction of sp³-hybridized carbons (Fsp3) is 0.667.